The molecule has 1 aromatic rings. The van der Waals surface area contributed by atoms with Gasteiger partial charge in [0.2, 0.25) is 5.91 Å². The molecule has 1 rings (SSSR count). The van der Waals surface area contributed by atoms with E-state index in [9.17, 15) is 9.59 Å². The molecule has 8 heteroatoms. The zero-order chi connectivity index (χ0) is 16.5. The Morgan fingerprint density at radius 1 is 1.35 bits per heavy atom. The van der Waals surface area contributed by atoms with E-state index < -0.39 is 6.04 Å². The summed E-state index contributed by atoms with van der Waals surface area (Å²) < 4.78 is 0. The van der Waals surface area contributed by atoms with E-state index in [0.717, 1.165) is 11.3 Å². The van der Waals surface area contributed by atoms with Crippen molar-refractivity contribution in [2.45, 2.75) is 19.0 Å². The highest BCUT2D eigenvalue weighted by Crippen LogP contribution is 2.11. The molecule has 0 spiro atoms. The van der Waals surface area contributed by atoms with E-state index in [1.807, 2.05) is 24.5 Å². The molecule has 23 heavy (non-hydrogen) atoms. The van der Waals surface area contributed by atoms with Crippen molar-refractivity contribution in [2.75, 3.05) is 31.4 Å². The highest BCUT2D eigenvalue weighted by Gasteiger charge is 2.12. The molecular weight excluding hydrogens is 336 g/mol. The number of nitrogens with zero attached hydrogens (tertiary/aromatic N) is 1. The van der Waals surface area contributed by atoms with Crippen LogP contribution in [-0.2, 0) is 11.3 Å². The van der Waals surface area contributed by atoms with Crippen molar-refractivity contribution < 1.29 is 9.59 Å². The molecule has 0 aliphatic carbocycles. The van der Waals surface area contributed by atoms with Gasteiger partial charge in [-0.15, -0.1) is 12.4 Å². The van der Waals surface area contributed by atoms with Gasteiger partial charge < -0.3 is 21.3 Å². The van der Waals surface area contributed by atoms with E-state index in [4.69, 9.17) is 5.73 Å². The number of hydrogen-bond acceptors (Lipinski definition) is 4. The van der Waals surface area contributed by atoms with Crippen molar-refractivity contribution in [3.05, 3.63) is 29.8 Å². The summed E-state index contributed by atoms with van der Waals surface area (Å²) in [4.78, 5) is 24.9. The molecule has 0 aliphatic heterocycles. The third-order valence-electron chi connectivity index (χ3n) is 3.02. The van der Waals surface area contributed by atoms with Crippen molar-refractivity contribution in [3.8, 4) is 0 Å². The predicted octanol–water partition coefficient (Wildman–Crippen LogP) is 1.90. The van der Waals surface area contributed by atoms with Crippen LogP contribution < -0.4 is 16.4 Å². The first-order valence-electron chi connectivity index (χ1n) is 7.03. The van der Waals surface area contributed by atoms with Crippen molar-refractivity contribution in [3.63, 3.8) is 0 Å². The van der Waals surface area contributed by atoms with Crippen LogP contribution in [0, 0.1) is 0 Å². The number of thioether (sulfide) groups is 1. The maximum Gasteiger partial charge on any atom is 0.321 e. The topological polar surface area (TPSA) is 87.5 Å². The lowest BCUT2D eigenvalue weighted by molar-refractivity contribution is -0.122. The molecule has 0 unspecified atom stereocenters. The second kappa shape index (κ2) is 11.2. The van der Waals surface area contributed by atoms with Crippen molar-refractivity contribution >= 4 is 41.8 Å². The van der Waals surface area contributed by atoms with Gasteiger partial charge in [-0.2, -0.15) is 11.8 Å². The number of hydrogen-bond donors (Lipinski definition) is 3. The lowest BCUT2D eigenvalue weighted by Gasteiger charge is -2.14. The summed E-state index contributed by atoms with van der Waals surface area (Å²) in [7, 11) is 3.35. The van der Waals surface area contributed by atoms with Crippen LogP contribution in [0.5, 0.6) is 0 Å². The van der Waals surface area contributed by atoms with Crippen LogP contribution in [-0.4, -0.2) is 49.0 Å². The first-order chi connectivity index (χ1) is 10.4. The zero-order valence-corrected chi connectivity index (χ0v) is 15.3. The maximum absolute atomic E-state index is 11.9. The minimum atomic E-state index is -0.482. The Morgan fingerprint density at radius 3 is 2.65 bits per heavy atom. The number of amides is 3. The van der Waals surface area contributed by atoms with Gasteiger partial charge in [0.15, 0.2) is 0 Å². The van der Waals surface area contributed by atoms with E-state index in [-0.39, 0.29) is 24.3 Å². The third kappa shape index (κ3) is 8.11. The molecule has 0 heterocycles. The normalized spacial score (nSPS) is 11.1. The number of anilines is 1. The van der Waals surface area contributed by atoms with E-state index in [2.05, 4.69) is 10.6 Å². The fraction of sp³-hybridized carbons (Fsp3) is 0.467. The lowest BCUT2D eigenvalue weighted by Crippen LogP contribution is -2.40. The van der Waals surface area contributed by atoms with Crippen LogP contribution >= 0.6 is 24.2 Å². The fourth-order valence-corrected chi connectivity index (χ4v) is 2.18. The molecule has 0 fully saturated rings. The zero-order valence-electron chi connectivity index (χ0n) is 13.7. The highest BCUT2D eigenvalue weighted by atomic mass is 35.5. The molecule has 0 radical (unpaired) electrons. The van der Waals surface area contributed by atoms with Crippen LogP contribution in [0.4, 0.5) is 10.5 Å². The summed E-state index contributed by atoms with van der Waals surface area (Å²) in [6, 6.07) is 6.68. The molecule has 1 aromatic carbocycles. The minimum absolute atomic E-state index is 0. The highest BCUT2D eigenvalue weighted by molar-refractivity contribution is 7.98. The Morgan fingerprint density at radius 2 is 2.04 bits per heavy atom. The van der Waals surface area contributed by atoms with Crippen molar-refractivity contribution in [2.24, 2.45) is 5.73 Å². The van der Waals surface area contributed by atoms with Crippen LogP contribution in [0.25, 0.3) is 0 Å². The maximum atomic E-state index is 11.9. The molecule has 0 aromatic heterocycles. The van der Waals surface area contributed by atoms with Gasteiger partial charge in [0.05, 0.1) is 6.04 Å². The van der Waals surface area contributed by atoms with Crippen molar-refractivity contribution in [1.29, 1.82) is 0 Å². The van der Waals surface area contributed by atoms with Gasteiger partial charge in [0.25, 0.3) is 0 Å². The van der Waals surface area contributed by atoms with Gasteiger partial charge in [-0.05, 0) is 36.1 Å². The Bertz CT molecular complexity index is 514. The number of nitrogens with two attached hydrogens (primary N) is 1. The Kier molecular flexibility index (Phi) is 10.5. The summed E-state index contributed by atoms with van der Waals surface area (Å²) in [5.74, 6) is 0.706. The van der Waals surface area contributed by atoms with Gasteiger partial charge in [0, 0.05) is 26.3 Å². The fourth-order valence-electron chi connectivity index (χ4n) is 1.69. The molecule has 6 nitrogen and oxygen atoms in total. The van der Waals surface area contributed by atoms with E-state index in [1.165, 1.54) is 4.90 Å². The summed E-state index contributed by atoms with van der Waals surface area (Å²) in [6.45, 7) is 0.386. The summed E-state index contributed by atoms with van der Waals surface area (Å²) in [5.41, 5.74) is 7.41. The molecule has 4 N–H and O–H groups in total. The van der Waals surface area contributed by atoms with Crippen LogP contribution in [0.3, 0.4) is 0 Å². The Hall–Kier alpha value is -1.44. The van der Waals surface area contributed by atoms with Crippen LogP contribution in [0.2, 0.25) is 0 Å². The number of carbonyl (C=O) groups excluding carboxylic acids is 2. The molecule has 3 amide bonds. The lowest BCUT2D eigenvalue weighted by atomic mass is 10.2. The van der Waals surface area contributed by atoms with E-state index in [0.29, 0.717) is 18.7 Å². The van der Waals surface area contributed by atoms with Crippen LogP contribution in [0.15, 0.2) is 24.3 Å². The van der Waals surface area contributed by atoms with Crippen molar-refractivity contribution in [1.82, 2.24) is 10.2 Å². The van der Waals surface area contributed by atoms with E-state index >= 15 is 0 Å². The molecule has 0 bridgehead atoms. The average Bonchev–Trinajstić information content (AvgIpc) is 2.50. The second-order valence-electron chi connectivity index (χ2n) is 5.13. The Labute approximate surface area is 148 Å². The molecule has 0 saturated carbocycles. The summed E-state index contributed by atoms with van der Waals surface area (Å²) >= 11 is 1.67. The largest absolute Gasteiger partial charge is 0.351 e. The Balaban J connectivity index is 0.00000484. The molecule has 0 saturated heterocycles. The van der Waals surface area contributed by atoms with Gasteiger partial charge in [0.1, 0.15) is 0 Å². The summed E-state index contributed by atoms with van der Waals surface area (Å²) in [5, 5.41) is 5.58. The number of halogens is 1. The third-order valence-corrected chi connectivity index (χ3v) is 3.66. The molecular formula is C15H25ClN4O2S. The molecule has 130 valence electrons. The molecule has 1 atom stereocenters. The van der Waals surface area contributed by atoms with Crippen LogP contribution in [0.1, 0.15) is 12.0 Å². The summed E-state index contributed by atoms with van der Waals surface area (Å²) in [6.07, 6.45) is 2.64. The predicted molar refractivity (Wildman–Crippen MR) is 99.2 cm³/mol. The monoisotopic (exact) mass is 360 g/mol. The average molecular weight is 361 g/mol. The van der Waals surface area contributed by atoms with Gasteiger partial charge in [-0.1, -0.05) is 12.1 Å². The second-order valence-corrected chi connectivity index (χ2v) is 6.12. The quantitative estimate of drug-likeness (QED) is 0.693. The number of nitrogens with one attached hydrogen (secondary N) is 2. The van der Waals surface area contributed by atoms with Gasteiger partial charge >= 0.3 is 6.03 Å². The number of carbonyl (C=O) groups is 2. The van der Waals surface area contributed by atoms with Gasteiger partial charge in [-0.3, -0.25) is 4.79 Å². The number of rotatable bonds is 7. The number of benzene rings is 1. The number of urea groups is 1. The minimum Gasteiger partial charge on any atom is -0.351 e. The standard InChI is InChI=1S/C15H24N4O2S.ClH/c1-19(2)15(21)18-12-6-4-5-11(9-12)10-17-14(20)13(16)7-8-22-3;/h4-6,9,13H,7-8,10,16H2,1-3H3,(H,17,20)(H,18,21);1H/t13-;/m0./s1. The van der Waals surface area contributed by atoms with Gasteiger partial charge in [-0.25, -0.2) is 4.79 Å². The molecule has 0 aliphatic rings. The first kappa shape index (κ1) is 21.6. The first-order valence-corrected chi connectivity index (χ1v) is 8.43. The SMILES string of the molecule is CSCC[C@H](N)C(=O)NCc1cccc(NC(=O)N(C)C)c1.Cl. The van der Waals surface area contributed by atoms with E-state index in [1.54, 1.807) is 31.9 Å². The smallest absolute Gasteiger partial charge is 0.321 e.